The lowest BCUT2D eigenvalue weighted by Crippen LogP contribution is -2.46. The van der Waals surface area contributed by atoms with Crippen LogP contribution in [0.4, 0.5) is 0 Å². The maximum atomic E-state index is 10.4. The summed E-state index contributed by atoms with van der Waals surface area (Å²) in [6.45, 7) is 5.62. The van der Waals surface area contributed by atoms with Crippen LogP contribution in [0.25, 0.3) is 0 Å². The van der Waals surface area contributed by atoms with E-state index in [1.165, 1.54) is 70.6 Å². The van der Waals surface area contributed by atoms with Crippen LogP contribution in [-0.4, -0.2) is 48.5 Å². The number of ether oxygens (including phenoxy) is 1. The minimum atomic E-state index is -0.316. The average Bonchev–Trinajstić information content (AvgIpc) is 2.58. The molecule has 2 atom stereocenters. The average molecular weight is 350 g/mol. The fraction of sp³-hybridized carbons (Fsp3) is 1.00. The first kappa shape index (κ1) is 18.3. The number of hydrogen-bond donors (Lipinski definition) is 1. The van der Waals surface area contributed by atoms with Crippen molar-refractivity contribution in [3.05, 3.63) is 0 Å². The van der Waals surface area contributed by atoms with Crippen molar-refractivity contribution >= 4 is 0 Å². The Morgan fingerprint density at radius 3 is 2.40 bits per heavy atom. The molecule has 0 unspecified atom stereocenters. The number of aliphatic hydroxyl groups is 1. The first-order valence-corrected chi connectivity index (χ1v) is 11.2. The van der Waals surface area contributed by atoms with Crippen LogP contribution in [-0.2, 0) is 4.74 Å². The van der Waals surface area contributed by atoms with Gasteiger partial charge in [0.1, 0.15) is 0 Å². The predicted octanol–water partition coefficient (Wildman–Crippen LogP) is 4.23. The van der Waals surface area contributed by atoms with E-state index in [-0.39, 0.29) is 6.10 Å². The molecule has 0 radical (unpaired) electrons. The fourth-order valence-electron chi connectivity index (χ4n) is 7.19. The third kappa shape index (κ3) is 4.25. The van der Waals surface area contributed by atoms with E-state index in [1.807, 2.05) is 0 Å². The summed E-state index contributed by atoms with van der Waals surface area (Å²) in [5.74, 6) is 3.09. The molecule has 5 aliphatic rings. The summed E-state index contributed by atoms with van der Waals surface area (Å²) < 4.78 is 5.97. The minimum absolute atomic E-state index is 0.316. The molecule has 5 fully saturated rings. The van der Waals surface area contributed by atoms with Crippen molar-refractivity contribution in [2.45, 2.75) is 89.7 Å². The lowest BCUT2D eigenvalue weighted by Gasteiger charge is -2.57. The van der Waals surface area contributed by atoms with Crippen LogP contribution >= 0.6 is 0 Å². The topological polar surface area (TPSA) is 32.7 Å². The van der Waals surface area contributed by atoms with E-state index in [9.17, 15) is 5.11 Å². The summed E-state index contributed by atoms with van der Waals surface area (Å²) in [6, 6.07) is 0.676. The standard InChI is InChI=1S/C22H39NO2/c1-2-20-5-3-4-7-23(20)15-21(24)16-25-8-6-22-12-17-9-18(13-22)11-19(10-17)14-22/h17-21,24H,2-16H2,1H3/t17?,18?,19?,20-,21-,22?/m1/s1. The Labute approximate surface area is 154 Å². The highest BCUT2D eigenvalue weighted by molar-refractivity contribution is 5.01. The van der Waals surface area contributed by atoms with Gasteiger partial charge in [0.25, 0.3) is 0 Å². The van der Waals surface area contributed by atoms with Crippen molar-refractivity contribution in [2.75, 3.05) is 26.3 Å². The molecule has 1 heterocycles. The summed E-state index contributed by atoms with van der Waals surface area (Å²) in [5.41, 5.74) is 0.611. The van der Waals surface area contributed by atoms with Crippen LogP contribution < -0.4 is 0 Å². The molecular weight excluding hydrogens is 310 g/mol. The van der Waals surface area contributed by atoms with Gasteiger partial charge in [-0.2, -0.15) is 0 Å². The van der Waals surface area contributed by atoms with Crippen LogP contribution in [0.2, 0.25) is 0 Å². The van der Waals surface area contributed by atoms with Crippen molar-refractivity contribution < 1.29 is 9.84 Å². The molecule has 25 heavy (non-hydrogen) atoms. The molecule has 0 aromatic heterocycles. The first-order chi connectivity index (χ1) is 12.2. The van der Waals surface area contributed by atoms with Gasteiger partial charge in [-0.15, -0.1) is 0 Å². The number of likely N-dealkylation sites (tertiary alicyclic amines) is 1. The van der Waals surface area contributed by atoms with Crippen LogP contribution in [0.5, 0.6) is 0 Å². The van der Waals surface area contributed by atoms with Gasteiger partial charge >= 0.3 is 0 Å². The van der Waals surface area contributed by atoms with Gasteiger partial charge in [0.2, 0.25) is 0 Å². The van der Waals surface area contributed by atoms with Gasteiger partial charge in [0, 0.05) is 19.2 Å². The SMILES string of the molecule is CC[C@@H]1CCCCN1C[C@@H](O)COCCC12CC3CC(CC(C3)C1)C2. The summed E-state index contributed by atoms with van der Waals surface area (Å²) in [7, 11) is 0. The van der Waals surface area contributed by atoms with E-state index in [0.717, 1.165) is 37.5 Å². The zero-order chi connectivity index (χ0) is 17.3. The summed E-state index contributed by atoms with van der Waals surface area (Å²) in [4.78, 5) is 2.50. The Kier molecular flexibility index (Phi) is 5.74. The predicted molar refractivity (Wildman–Crippen MR) is 102 cm³/mol. The van der Waals surface area contributed by atoms with E-state index < -0.39 is 0 Å². The molecule has 3 heteroatoms. The molecule has 1 saturated heterocycles. The Morgan fingerprint density at radius 2 is 1.76 bits per heavy atom. The maximum Gasteiger partial charge on any atom is 0.0900 e. The van der Waals surface area contributed by atoms with Crippen molar-refractivity contribution in [2.24, 2.45) is 23.2 Å². The van der Waals surface area contributed by atoms with Crippen LogP contribution in [0.1, 0.15) is 77.6 Å². The van der Waals surface area contributed by atoms with Crippen LogP contribution in [0.15, 0.2) is 0 Å². The quantitative estimate of drug-likeness (QED) is 0.666. The second kappa shape index (κ2) is 7.86. The second-order valence-electron chi connectivity index (χ2n) is 9.95. The van der Waals surface area contributed by atoms with Crippen LogP contribution in [0.3, 0.4) is 0 Å². The van der Waals surface area contributed by atoms with Crippen molar-refractivity contribution in [1.82, 2.24) is 4.90 Å². The molecule has 0 aromatic carbocycles. The van der Waals surface area contributed by atoms with E-state index in [2.05, 4.69) is 11.8 Å². The van der Waals surface area contributed by atoms with Crippen molar-refractivity contribution in [3.63, 3.8) is 0 Å². The van der Waals surface area contributed by atoms with Crippen LogP contribution in [0, 0.1) is 23.2 Å². The number of rotatable bonds is 8. The van der Waals surface area contributed by atoms with Gasteiger partial charge in [0.15, 0.2) is 0 Å². The fourth-order valence-corrected chi connectivity index (χ4v) is 7.19. The molecule has 4 saturated carbocycles. The third-order valence-electron chi connectivity index (χ3n) is 7.92. The number of hydrogen-bond acceptors (Lipinski definition) is 3. The molecule has 5 rings (SSSR count). The van der Waals surface area contributed by atoms with Gasteiger partial charge in [-0.05, 0) is 93.9 Å². The van der Waals surface area contributed by atoms with E-state index in [4.69, 9.17) is 4.74 Å². The Balaban J connectivity index is 1.17. The Bertz CT molecular complexity index is 402. The molecule has 3 nitrogen and oxygen atoms in total. The van der Waals surface area contributed by atoms with E-state index in [1.54, 1.807) is 0 Å². The zero-order valence-electron chi connectivity index (χ0n) is 16.3. The molecule has 4 bridgehead atoms. The molecular formula is C22H39NO2. The zero-order valence-corrected chi connectivity index (χ0v) is 16.3. The highest BCUT2D eigenvalue weighted by Crippen LogP contribution is 2.61. The van der Waals surface area contributed by atoms with Gasteiger partial charge in [-0.25, -0.2) is 0 Å². The van der Waals surface area contributed by atoms with Crippen molar-refractivity contribution in [1.29, 1.82) is 0 Å². The lowest BCUT2D eigenvalue weighted by atomic mass is 9.49. The highest BCUT2D eigenvalue weighted by Gasteiger charge is 2.50. The van der Waals surface area contributed by atoms with E-state index >= 15 is 0 Å². The molecule has 0 amide bonds. The molecule has 1 aliphatic heterocycles. The largest absolute Gasteiger partial charge is 0.389 e. The number of β-amino-alcohol motifs (C(OH)–C–C–N with tert-alkyl or cyclic N) is 1. The highest BCUT2D eigenvalue weighted by atomic mass is 16.5. The van der Waals surface area contributed by atoms with Gasteiger partial charge in [-0.1, -0.05) is 13.3 Å². The molecule has 144 valence electrons. The monoisotopic (exact) mass is 349 g/mol. The maximum absolute atomic E-state index is 10.4. The third-order valence-corrected chi connectivity index (χ3v) is 7.92. The van der Waals surface area contributed by atoms with Gasteiger partial charge in [-0.3, -0.25) is 4.90 Å². The smallest absolute Gasteiger partial charge is 0.0900 e. The van der Waals surface area contributed by atoms with Gasteiger partial charge in [0.05, 0.1) is 12.7 Å². The number of piperidine rings is 1. The Hall–Kier alpha value is -0.120. The molecule has 4 aliphatic carbocycles. The lowest BCUT2D eigenvalue weighted by molar-refractivity contribution is -0.0748. The molecule has 0 spiro atoms. The van der Waals surface area contributed by atoms with Crippen molar-refractivity contribution in [3.8, 4) is 0 Å². The Morgan fingerprint density at radius 1 is 1.08 bits per heavy atom. The number of nitrogens with zero attached hydrogens (tertiary/aromatic N) is 1. The summed E-state index contributed by atoms with van der Waals surface area (Å²) in [5, 5.41) is 10.4. The summed E-state index contributed by atoms with van der Waals surface area (Å²) in [6.07, 6.45) is 15.0. The minimum Gasteiger partial charge on any atom is -0.389 e. The second-order valence-corrected chi connectivity index (χ2v) is 9.95. The number of aliphatic hydroxyl groups excluding tert-OH is 1. The molecule has 1 N–H and O–H groups in total. The van der Waals surface area contributed by atoms with Gasteiger partial charge < -0.3 is 9.84 Å². The normalized spacial score (nSPS) is 42.0. The van der Waals surface area contributed by atoms with E-state index in [0.29, 0.717) is 18.1 Å². The first-order valence-electron chi connectivity index (χ1n) is 11.2. The molecule has 0 aromatic rings. The summed E-state index contributed by atoms with van der Waals surface area (Å²) >= 11 is 0.